The third-order valence-corrected chi connectivity index (χ3v) is 8.59. The predicted molar refractivity (Wildman–Crippen MR) is 109 cm³/mol. The van der Waals surface area contributed by atoms with E-state index in [0.717, 1.165) is 29.9 Å². The zero-order valence-corrected chi connectivity index (χ0v) is 17.8. The summed E-state index contributed by atoms with van der Waals surface area (Å²) in [7, 11) is -3.73. The van der Waals surface area contributed by atoms with E-state index in [0.29, 0.717) is 25.9 Å². The van der Waals surface area contributed by atoms with Crippen molar-refractivity contribution in [2.75, 3.05) is 19.6 Å². The number of rotatable bonds is 8. The number of benzene rings is 1. The van der Waals surface area contributed by atoms with E-state index in [4.69, 9.17) is 23.2 Å². The summed E-state index contributed by atoms with van der Waals surface area (Å²) in [6, 6.07) is 10.8. The van der Waals surface area contributed by atoms with Crippen LogP contribution in [0.4, 0.5) is 0 Å². The molecule has 27 heavy (non-hydrogen) atoms. The van der Waals surface area contributed by atoms with Crippen LogP contribution in [0.5, 0.6) is 0 Å². The molecule has 0 unspecified atom stereocenters. The second-order valence-electron chi connectivity index (χ2n) is 6.35. The topological polar surface area (TPSA) is 57.7 Å². The van der Waals surface area contributed by atoms with Crippen LogP contribution in [0.15, 0.2) is 40.6 Å². The van der Waals surface area contributed by atoms with Crippen LogP contribution < -0.4 is 0 Å². The molecule has 0 aliphatic carbocycles. The van der Waals surface area contributed by atoms with Crippen LogP contribution >= 0.6 is 34.5 Å². The maximum atomic E-state index is 13.1. The van der Waals surface area contributed by atoms with Gasteiger partial charge in [-0.2, -0.15) is 4.31 Å². The van der Waals surface area contributed by atoms with Crippen LogP contribution in [0.2, 0.25) is 9.36 Å². The van der Waals surface area contributed by atoms with Crippen molar-refractivity contribution in [3.05, 3.63) is 51.3 Å². The maximum Gasteiger partial charge on any atom is 0.252 e. The van der Waals surface area contributed by atoms with Crippen LogP contribution in [-0.4, -0.2) is 43.2 Å². The molecular weight excluding hydrogens is 427 g/mol. The first-order valence-corrected chi connectivity index (χ1v) is 11.7. The molecule has 0 N–H and O–H groups in total. The second kappa shape index (κ2) is 8.92. The summed E-state index contributed by atoms with van der Waals surface area (Å²) in [5.41, 5.74) is 0.895. The fraction of sp³-hybridized carbons (Fsp3) is 0.389. The highest BCUT2D eigenvalue weighted by Gasteiger charge is 2.28. The average Bonchev–Trinajstić information content (AvgIpc) is 3.21. The number of likely N-dealkylation sites (tertiary alicyclic amines) is 1. The van der Waals surface area contributed by atoms with Gasteiger partial charge < -0.3 is 4.90 Å². The molecule has 2 aromatic rings. The van der Waals surface area contributed by atoms with Gasteiger partial charge >= 0.3 is 0 Å². The van der Waals surface area contributed by atoms with Crippen molar-refractivity contribution >= 4 is 50.5 Å². The van der Waals surface area contributed by atoms with Crippen LogP contribution in [0.25, 0.3) is 0 Å². The van der Waals surface area contributed by atoms with Gasteiger partial charge in [0.05, 0.1) is 5.02 Å². The average molecular weight is 447 g/mol. The van der Waals surface area contributed by atoms with E-state index < -0.39 is 10.0 Å². The Kier molecular flexibility index (Phi) is 6.81. The van der Waals surface area contributed by atoms with E-state index >= 15 is 0 Å². The first-order chi connectivity index (χ1) is 12.9. The van der Waals surface area contributed by atoms with Crippen LogP contribution in [0.1, 0.15) is 24.8 Å². The highest BCUT2D eigenvalue weighted by atomic mass is 35.5. The van der Waals surface area contributed by atoms with E-state index in [1.54, 1.807) is 4.90 Å². The van der Waals surface area contributed by atoms with Gasteiger partial charge in [-0.1, -0.05) is 53.5 Å². The molecule has 2 heterocycles. The van der Waals surface area contributed by atoms with Gasteiger partial charge in [0.1, 0.15) is 8.55 Å². The lowest BCUT2D eigenvalue weighted by atomic mass is 10.2. The Bertz CT molecular complexity index is 881. The van der Waals surface area contributed by atoms with Gasteiger partial charge in [-0.15, -0.1) is 11.3 Å². The number of carbonyl (C=O) groups is 1. The second-order valence-corrected chi connectivity index (χ2v) is 10.6. The third-order valence-electron chi connectivity index (χ3n) is 4.43. The Morgan fingerprint density at radius 3 is 2.52 bits per heavy atom. The number of thiophene rings is 1. The van der Waals surface area contributed by atoms with E-state index in [9.17, 15) is 13.2 Å². The van der Waals surface area contributed by atoms with Crippen molar-refractivity contribution in [1.29, 1.82) is 0 Å². The lowest BCUT2D eigenvalue weighted by Crippen LogP contribution is -2.34. The predicted octanol–water partition coefficient (Wildman–Crippen LogP) is 4.26. The van der Waals surface area contributed by atoms with Crippen molar-refractivity contribution in [3.63, 3.8) is 0 Å². The molecule has 1 fully saturated rings. The van der Waals surface area contributed by atoms with Crippen LogP contribution in [0.3, 0.4) is 0 Å². The number of hydrogen-bond acceptors (Lipinski definition) is 4. The first kappa shape index (κ1) is 20.6. The summed E-state index contributed by atoms with van der Waals surface area (Å²) in [5.74, 6) is 0.143. The fourth-order valence-corrected chi connectivity index (χ4v) is 6.53. The van der Waals surface area contributed by atoms with E-state index in [2.05, 4.69) is 0 Å². The molecular formula is C18H20Cl2N2O3S2. The largest absolute Gasteiger partial charge is 0.343 e. The van der Waals surface area contributed by atoms with Gasteiger partial charge in [-0.05, 0) is 24.5 Å². The summed E-state index contributed by atoms with van der Waals surface area (Å²) in [5, 5.41) is 0.238. The minimum absolute atomic E-state index is 0.130. The SMILES string of the molecule is O=C1CCCN1CCCN(Cc1ccccc1)S(=O)(=O)c1cc(Cl)c(Cl)s1. The third kappa shape index (κ3) is 5.03. The van der Waals surface area contributed by atoms with Crippen LogP contribution in [-0.2, 0) is 21.4 Å². The number of amides is 1. The molecule has 0 spiro atoms. The summed E-state index contributed by atoms with van der Waals surface area (Å²) >= 11 is 12.9. The van der Waals surface area contributed by atoms with Crippen molar-refractivity contribution in [3.8, 4) is 0 Å². The van der Waals surface area contributed by atoms with Gasteiger partial charge in [-0.3, -0.25) is 4.79 Å². The van der Waals surface area contributed by atoms with Crippen molar-refractivity contribution in [2.24, 2.45) is 0 Å². The highest BCUT2D eigenvalue weighted by molar-refractivity contribution is 7.91. The molecule has 1 aromatic carbocycles. The Morgan fingerprint density at radius 1 is 1.19 bits per heavy atom. The molecule has 9 heteroatoms. The first-order valence-electron chi connectivity index (χ1n) is 8.64. The molecule has 1 aliphatic rings. The van der Waals surface area contributed by atoms with Gasteiger partial charge in [0.15, 0.2) is 0 Å². The molecule has 3 rings (SSSR count). The number of sulfonamides is 1. The molecule has 1 amide bonds. The van der Waals surface area contributed by atoms with Crippen molar-refractivity contribution < 1.29 is 13.2 Å². The zero-order chi connectivity index (χ0) is 19.4. The molecule has 1 saturated heterocycles. The molecule has 1 aliphatic heterocycles. The van der Waals surface area contributed by atoms with Crippen molar-refractivity contribution in [1.82, 2.24) is 9.21 Å². The Morgan fingerprint density at radius 2 is 1.93 bits per heavy atom. The molecule has 0 saturated carbocycles. The number of carbonyl (C=O) groups excluding carboxylic acids is 1. The van der Waals surface area contributed by atoms with Crippen molar-refractivity contribution in [2.45, 2.75) is 30.0 Å². The smallest absolute Gasteiger partial charge is 0.252 e. The van der Waals surface area contributed by atoms with Gasteiger partial charge in [0.25, 0.3) is 10.0 Å². The molecule has 1 aromatic heterocycles. The quantitative estimate of drug-likeness (QED) is 0.608. The summed E-state index contributed by atoms with van der Waals surface area (Å²) in [6.45, 7) is 1.88. The maximum absolute atomic E-state index is 13.1. The number of halogens is 2. The Hall–Kier alpha value is -1.12. The molecule has 5 nitrogen and oxygen atoms in total. The van der Waals surface area contributed by atoms with E-state index in [-0.39, 0.29) is 26.0 Å². The molecule has 0 bridgehead atoms. The Labute approximate surface area is 173 Å². The Balaban J connectivity index is 1.77. The number of hydrogen-bond donors (Lipinski definition) is 0. The number of nitrogens with zero attached hydrogens (tertiary/aromatic N) is 2. The zero-order valence-electron chi connectivity index (χ0n) is 14.6. The van der Waals surface area contributed by atoms with E-state index in [1.165, 1.54) is 10.4 Å². The molecule has 0 atom stereocenters. The molecule has 146 valence electrons. The lowest BCUT2D eigenvalue weighted by molar-refractivity contribution is -0.127. The van der Waals surface area contributed by atoms with E-state index in [1.807, 2.05) is 30.3 Å². The minimum atomic E-state index is -3.73. The standard InChI is InChI=1S/C18H20Cl2N2O3S2/c19-15-12-17(26-18(15)20)27(24,25)22(13-14-6-2-1-3-7-14)11-5-10-21-9-4-8-16(21)23/h1-3,6-7,12H,4-5,8-11,13H2. The molecule has 0 radical (unpaired) electrons. The van der Waals surface area contributed by atoms with Gasteiger partial charge in [-0.25, -0.2) is 8.42 Å². The summed E-state index contributed by atoms with van der Waals surface area (Å²) < 4.78 is 28.1. The fourth-order valence-electron chi connectivity index (χ4n) is 3.03. The van der Waals surface area contributed by atoms with Gasteiger partial charge in [0.2, 0.25) is 5.91 Å². The summed E-state index contributed by atoms with van der Waals surface area (Å²) in [6.07, 6.45) is 2.03. The monoisotopic (exact) mass is 446 g/mol. The lowest BCUT2D eigenvalue weighted by Gasteiger charge is -2.23. The highest BCUT2D eigenvalue weighted by Crippen LogP contribution is 2.36. The summed E-state index contributed by atoms with van der Waals surface area (Å²) in [4.78, 5) is 13.6. The van der Waals surface area contributed by atoms with Crippen LogP contribution in [0, 0.1) is 0 Å². The van der Waals surface area contributed by atoms with Gasteiger partial charge in [0, 0.05) is 32.6 Å². The normalized spacial score (nSPS) is 15.1. The minimum Gasteiger partial charge on any atom is -0.343 e.